The monoisotopic (exact) mass is 284 g/mol. The molecule has 0 aliphatic heterocycles. The quantitative estimate of drug-likeness (QED) is 0.452. The molecular formula is C11H12N2O3S2. The molecule has 0 atom stereocenters. The van der Waals surface area contributed by atoms with Crippen LogP contribution in [0.15, 0.2) is 36.0 Å². The lowest BCUT2D eigenvalue weighted by Crippen LogP contribution is -2.22. The summed E-state index contributed by atoms with van der Waals surface area (Å²) in [7, 11) is 2.97. The minimum atomic E-state index is -0.987. The second kappa shape index (κ2) is 7.78. The number of pyridine rings is 1. The first kappa shape index (κ1) is 14.6. The zero-order chi connectivity index (χ0) is 13.4. The fourth-order valence-corrected chi connectivity index (χ4v) is 2.71. The van der Waals surface area contributed by atoms with Crippen LogP contribution in [0.5, 0.6) is 0 Å². The van der Waals surface area contributed by atoms with Crippen molar-refractivity contribution in [2.24, 2.45) is 0 Å². The van der Waals surface area contributed by atoms with Gasteiger partial charge < -0.3 is 10.4 Å². The first-order valence-electron chi connectivity index (χ1n) is 5.02. The summed E-state index contributed by atoms with van der Waals surface area (Å²) in [4.78, 5) is 25.4. The maximum atomic E-state index is 10.8. The van der Waals surface area contributed by atoms with E-state index in [1.54, 1.807) is 6.07 Å². The Morgan fingerprint density at radius 2 is 2.28 bits per heavy atom. The normalized spacial score (nSPS) is 9.78. The molecule has 0 aliphatic carbocycles. The Labute approximate surface area is 112 Å². The number of amides is 1. The number of nitrogens with zero attached hydrogens (tertiary/aromatic N) is 1. The van der Waals surface area contributed by atoms with E-state index in [0.717, 1.165) is 10.8 Å². The Hall–Kier alpha value is -1.47. The van der Waals surface area contributed by atoms with Crippen LogP contribution in [-0.2, 0) is 4.79 Å². The largest absolute Gasteiger partial charge is 0.478 e. The third-order valence-electron chi connectivity index (χ3n) is 1.80. The fraction of sp³-hybridized carbons (Fsp3) is 0.182. The van der Waals surface area contributed by atoms with E-state index >= 15 is 0 Å². The van der Waals surface area contributed by atoms with Crippen molar-refractivity contribution >= 4 is 33.5 Å². The molecule has 96 valence electrons. The number of hydrogen-bond donors (Lipinski definition) is 2. The summed E-state index contributed by atoms with van der Waals surface area (Å²) in [6.07, 6.45) is 2.55. The predicted octanol–water partition coefficient (Wildman–Crippen LogP) is 1.82. The van der Waals surface area contributed by atoms with Gasteiger partial charge in [-0.3, -0.25) is 4.79 Å². The summed E-state index contributed by atoms with van der Waals surface area (Å²) in [5.41, 5.74) is 0.169. The molecule has 5 nitrogen and oxygen atoms in total. The minimum Gasteiger partial charge on any atom is -0.478 e. The average molecular weight is 284 g/mol. The molecule has 1 amide bonds. The number of aromatic carboxylic acids is 1. The van der Waals surface area contributed by atoms with Gasteiger partial charge in [0.05, 0.1) is 5.56 Å². The van der Waals surface area contributed by atoms with E-state index in [4.69, 9.17) is 5.11 Å². The Kier molecular flexibility index (Phi) is 6.31. The SMILES string of the molecule is C=CC(=O)NCCSSc1ccc(C(=O)O)cn1. The van der Waals surface area contributed by atoms with Crippen molar-refractivity contribution < 1.29 is 14.7 Å². The van der Waals surface area contributed by atoms with Gasteiger partial charge in [0.15, 0.2) is 0 Å². The van der Waals surface area contributed by atoms with Crippen LogP contribution in [-0.4, -0.2) is 34.3 Å². The van der Waals surface area contributed by atoms with E-state index in [9.17, 15) is 9.59 Å². The summed E-state index contributed by atoms with van der Waals surface area (Å²) in [5.74, 6) is -0.449. The molecule has 1 aromatic heterocycles. The van der Waals surface area contributed by atoms with Gasteiger partial charge in [0.25, 0.3) is 0 Å². The van der Waals surface area contributed by atoms with Crippen LogP contribution in [0.2, 0.25) is 0 Å². The number of carboxylic acid groups (broad SMARTS) is 1. The fourth-order valence-electron chi connectivity index (χ4n) is 0.946. The van der Waals surface area contributed by atoms with Crippen molar-refractivity contribution in [2.45, 2.75) is 5.03 Å². The molecule has 18 heavy (non-hydrogen) atoms. The van der Waals surface area contributed by atoms with Crippen LogP contribution in [0.3, 0.4) is 0 Å². The van der Waals surface area contributed by atoms with Gasteiger partial charge in [-0.25, -0.2) is 9.78 Å². The molecular weight excluding hydrogens is 272 g/mol. The number of hydrogen-bond acceptors (Lipinski definition) is 5. The number of carbonyl (C=O) groups excluding carboxylic acids is 1. The van der Waals surface area contributed by atoms with Crippen molar-refractivity contribution in [2.75, 3.05) is 12.3 Å². The molecule has 0 spiro atoms. The van der Waals surface area contributed by atoms with Crippen LogP contribution in [0, 0.1) is 0 Å². The first-order chi connectivity index (χ1) is 8.63. The molecule has 2 N–H and O–H groups in total. The Bertz CT molecular complexity index is 434. The Morgan fingerprint density at radius 3 is 2.83 bits per heavy atom. The molecule has 0 unspecified atom stereocenters. The van der Waals surface area contributed by atoms with Crippen LogP contribution >= 0.6 is 21.6 Å². The molecule has 0 saturated carbocycles. The lowest BCUT2D eigenvalue weighted by Gasteiger charge is -2.02. The van der Waals surface area contributed by atoms with Gasteiger partial charge in [-0.2, -0.15) is 0 Å². The standard InChI is InChI=1S/C11H12N2O3S2/c1-2-9(14)12-5-6-17-18-10-4-3-8(7-13-10)11(15)16/h2-4,7H,1,5-6H2,(H,12,14)(H,15,16). The van der Waals surface area contributed by atoms with E-state index < -0.39 is 5.97 Å². The molecule has 0 fully saturated rings. The second-order valence-electron chi connectivity index (χ2n) is 3.09. The minimum absolute atomic E-state index is 0.169. The Balaban J connectivity index is 2.25. The number of aromatic nitrogens is 1. The average Bonchev–Trinajstić information content (AvgIpc) is 2.38. The maximum Gasteiger partial charge on any atom is 0.337 e. The van der Waals surface area contributed by atoms with E-state index in [-0.39, 0.29) is 11.5 Å². The first-order valence-corrected chi connectivity index (χ1v) is 7.34. The molecule has 1 heterocycles. The third kappa shape index (κ3) is 5.24. The zero-order valence-corrected chi connectivity index (χ0v) is 11.1. The highest BCUT2D eigenvalue weighted by Gasteiger charge is 2.03. The van der Waals surface area contributed by atoms with Gasteiger partial charge in [-0.05, 0) is 29.0 Å². The van der Waals surface area contributed by atoms with Crippen LogP contribution in [0.4, 0.5) is 0 Å². The van der Waals surface area contributed by atoms with Gasteiger partial charge in [0.2, 0.25) is 5.91 Å². The van der Waals surface area contributed by atoms with Crippen LogP contribution in [0.25, 0.3) is 0 Å². The highest BCUT2D eigenvalue weighted by molar-refractivity contribution is 8.76. The molecule has 0 saturated heterocycles. The maximum absolute atomic E-state index is 10.8. The third-order valence-corrected chi connectivity index (χ3v) is 4.06. The predicted molar refractivity (Wildman–Crippen MR) is 72.7 cm³/mol. The van der Waals surface area contributed by atoms with Gasteiger partial charge in [0.1, 0.15) is 5.03 Å². The van der Waals surface area contributed by atoms with E-state index in [2.05, 4.69) is 16.9 Å². The van der Waals surface area contributed by atoms with Gasteiger partial charge >= 0.3 is 5.97 Å². The summed E-state index contributed by atoms with van der Waals surface area (Å²) < 4.78 is 0. The molecule has 0 aromatic carbocycles. The summed E-state index contributed by atoms with van der Waals surface area (Å²) >= 11 is 0. The van der Waals surface area contributed by atoms with Gasteiger partial charge in [-0.15, -0.1) is 0 Å². The molecule has 0 radical (unpaired) electrons. The van der Waals surface area contributed by atoms with Crippen molar-refractivity contribution in [3.05, 3.63) is 36.5 Å². The number of carbonyl (C=O) groups is 2. The van der Waals surface area contributed by atoms with E-state index in [1.165, 1.54) is 39.9 Å². The summed E-state index contributed by atoms with van der Waals surface area (Å²) in [6.45, 7) is 3.90. The molecule has 1 rings (SSSR count). The summed E-state index contributed by atoms with van der Waals surface area (Å²) in [6, 6.07) is 3.17. The zero-order valence-electron chi connectivity index (χ0n) is 9.46. The van der Waals surface area contributed by atoms with Crippen LogP contribution < -0.4 is 5.32 Å². The smallest absolute Gasteiger partial charge is 0.337 e. The summed E-state index contributed by atoms with van der Waals surface area (Å²) in [5, 5.41) is 12.1. The number of nitrogens with one attached hydrogen (secondary N) is 1. The van der Waals surface area contributed by atoms with Gasteiger partial charge in [-0.1, -0.05) is 17.4 Å². The van der Waals surface area contributed by atoms with Gasteiger partial charge in [0, 0.05) is 18.5 Å². The van der Waals surface area contributed by atoms with Crippen LogP contribution in [0.1, 0.15) is 10.4 Å². The second-order valence-corrected chi connectivity index (χ2v) is 5.53. The van der Waals surface area contributed by atoms with E-state index in [0.29, 0.717) is 6.54 Å². The van der Waals surface area contributed by atoms with Crippen molar-refractivity contribution in [3.8, 4) is 0 Å². The lowest BCUT2D eigenvalue weighted by molar-refractivity contribution is -0.116. The molecule has 0 bridgehead atoms. The van der Waals surface area contributed by atoms with Crippen molar-refractivity contribution in [1.29, 1.82) is 0 Å². The lowest BCUT2D eigenvalue weighted by atomic mass is 10.3. The molecule has 0 aliphatic rings. The number of rotatable bonds is 7. The van der Waals surface area contributed by atoms with Crippen molar-refractivity contribution in [1.82, 2.24) is 10.3 Å². The van der Waals surface area contributed by atoms with E-state index in [1.807, 2.05) is 0 Å². The van der Waals surface area contributed by atoms with Crippen molar-refractivity contribution in [3.63, 3.8) is 0 Å². The molecule has 7 heteroatoms. The highest BCUT2D eigenvalue weighted by atomic mass is 33.1. The number of carboxylic acids is 1. The highest BCUT2D eigenvalue weighted by Crippen LogP contribution is 2.28. The Morgan fingerprint density at radius 1 is 1.50 bits per heavy atom. The molecule has 1 aromatic rings. The topological polar surface area (TPSA) is 79.3 Å².